The molecule has 0 spiro atoms. The number of hydrogen-bond donors (Lipinski definition) is 1. The SMILES string of the molecule is C=CCN(Cc1cccn1Cc1ccccc1C)C(=O)Nc1c(Cl)cccc1Cl. The third-order valence-corrected chi connectivity index (χ3v) is 5.34. The van der Waals surface area contributed by atoms with Gasteiger partial charge in [0.15, 0.2) is 0 Å². The van der Waals surface area contributed by atoms with Crippen molar-refractivity contribution in [2.45, 2.75) is 20.0 Å². The van der Waals surface area contributed by atoms with Gasteiger partial charge in [0, 0.05) is 25.0 Å². The number of halogens is 2. The Morgan fingerprint density at radius 2 is 1.83 bits per heavy atom. The van der Waals surface area contributed by atoms with Gasteiger partial charge in [-0.2, -0.15) is 0 Å². The number of urea groups is 1. The summed E-state index contributed by atoms with van der Waals surface area (Å²) in [5.41, 5.74) is 3.91. The van der Waals surface area contributed by atoms with Gasteiger partial charge in [-0.3, -0.25) is 0 Å². The molecule has 1 heterocycles. The van der Waals surface area contributed by atoms with Crippen molar-refractivity contribution in [3.8, 4) is 0 Å². The third kappa shape index (κ3) is 5.22. The van der Waals surface area contributed by atoms with E-state index < -0.39 is 0 Å². The summed E-state index contributed by atoms with van der Waals surface area (Å²) < 4.78 is 2.15. The molecule has 0 aliphatic heterocycles. The van der Waals surface area contributed by atoms with Crippen LogP contribution < -0.4 is 5.32 Å². The van der Waals surface area contributed by atoms with Crippen molar-refractivity contribution in [2.24, 2.45) is 0 Å². The zero-order chi connectivity index (χ0) is 20.8. The fourth-order valence-electron chi connectivity index (χ4n) is 3.09. The molecule has 2 amide bonds. The number of aryl methyl sites for hydroxylation is 1. The summed E-state index contributed by atoms with van der Waals surface area (Å²) >= 11 is 12.4. The first kappa shape index (κ1) is 21.0. The second-order valence-electron chi connectivity index (χ2n) is 6.75. The van der Waals surface area contributed by atoms with Crippen LogP contribution in [-0.2, 0) is 13.1 Å². The number of para-hydroxylation sites is 1. The van der Waals surface area contributed by atoms with Gasteiger partial charge in [0.25, 0.3) is 0 Å². The van der Waals surface area contributed by atoms with Crippen molar-refractivity contribution >= 4 is 34.9 Å². The maximum Gasteiger partial charge on any atom is 0.322 e. The van der Waals surface area contributed by atoms with Crippen molar-refractivity contribution in [3.63, 3.8) is 0 Å². The molecule has 3 aromatic rings. The summed E-state index contributed by atoms with van der Waals surface area (Å²) in [5, 5.41) is 3.61. The van der Waals surface area contributed by atoms with Crippen molar-refractivity contribution < 1.29 is 4.79 Å². The second kappa shape index (κ2) is 9.68. The second-order valence-corrected chi connectivity index (χ2v) is 7.56. The zero-order valence-electron chi connectivity index (χ0n) is 16.2. The Morgan fingerprint density at radius 3 is 2.52 bits per heavy atom. The lowest BCUT2D eigenvalue weighted by molar-refractivity contribution is 0.214. The summed E-state index contributed by atoms with van der Waals surface area (Å²) in [6.45, 7) is 7.44. The molecular weight excluding hydrogens is 405 g/mol. The van der Waals surface area contributed by atoms with Gasteiger partial charge < -0.3 is 14.8 Å². The van der Waals surface area contributed by atoms with Crippen molar-refractivity contribution in [1.29, 1.82) is 0 Å². The molecule has 0 saturated carbocycles. The molecular formula is C23H23Cl2N3O. The number of anilines is 1. The zero-order valence-corrected chi connectivity index (χ0v) is 17.7. The highest BCUT2D eigenvalue weighted by atomic mass is 35.5. The van der Waals surface area contributed by atoms with Crippen LogP contribution in [0.25, 0.3) is 0 Å². The largest absolute Gasteiger partial charge is 0.345 e. The van der Waals surface area contributed by atoms with Crippen LogP contribution in [0.2, 0.25) is 10.0 Å². The van der Waals surface area contributed by atoms with Gasteiger partial charge in [0.05, 0.1) is 22.3 Å². The van der Waals surface area contributed by atoms with Gasteiger partial charge in [0.2, 0.25) is 0 Å². The molecule has 6 heteroatoms. The van der Waals surface area contributed by atoms with Crippen LogP contribution in [0.15, 0.2) is 73.4 Å². The van der Waals surface area contributed by atoms with Crippen LogP contribution in [0.1, 0.15) is 16.8 Å². The monoisotopic (exact) mass is 427 g/mol. The van der Waals surface area contributed by atoms with Crippen LogP contribution >= 0.6 is 23.2 Å². The van der Waals surface area contributed by atoms with E-state index in [1.807, 2.05) is 30.5 Å². The molecule has 29 heavy (non-hydrogen) atoms. The first-order valence-electron chi connectivity index (χ1n) is 9.29. The average Bonchev–Trinajstić information content (AvgIpc) is 3.13. The maximum atomic E-state index is 12.9. The number of nitrogens with zero attached hydrogens (tertiary/aromatic N) is 2. The lowest BCUT2D eigenvalue weighted by Gasteiger charge is -2.23. The minimum absolute atomic E-state index is 0.288. The minimum atomic E-state index is -0.288. The Bertz CT molecular complexity index is 993. The smallest absolute Gasteiger partial charge is 0.322 e. The van der Waals surface area contributed by atoms with Gasteiger partial charge in [-0.25, -0.2) is 4.79 Å². The Balaban J connectivity index is 1.78. The summed E-state index contributed by atoms with van der Waals surface area (Å²) in [6, 6.07) is 17.1. The minimum Gasteiger partial charge on any atom is -0.345 e. The highest BCUT2D eigenvalue weighted by Gasteiger charge is 2.17. The lowest BCUT2D eigenvalue weighted by Crippen LogP contribution is -2.35. The van der Waals surface area contributed by atoms with Crippen molar-refractivity contribution in [3.05, 3.63) is 100 Å². The molecule has 0 atom stereocenters. The summed E-state index contributed by atoms with van der Waals surface area (Å²) in [7, 11) is 0. The third-order valence-electron chi connectivity index (χ3n) is 4.71. The van der Waals surface area contributed by atoms with E-state index in [0.29, 0.717) is 28.8 Å². The number of nitrogens with one attached hydrogen (secondary N) is 1. The van der Waals surface area contributed by atoms with E-state index in [0.717, 1.165) is 12.2 Å². The number of rotatable bonds is 7. The van der Waals surface area contributed by atoms with E-state index >= 15 is 0 Å². The molecule has 0 unspecified atom stereocenters. The normalized spacial score (nSPS) is 10.6. The fraction of sp³-hybridized carbons (Fsp3) is 0.174. The van der Waals surface area contributed by atoms with Gasteiger partial charge in [0.1, 0.15) is 0 Å². The number of aromatic nitrogens is 1. The highest BCUT2D eigenvalue weighted by molar-refractivity contribution is 6.39. The van der Waals surface area contributed by atoms with Gasteiger partial charge in [-0.05, 0) is 42.3 Å². The quantitative estimate of drug-likeness (QED) is 0.436. The molecule has 3 rings (SSSR count). The Morgan fingerprint density at radius 1 is 1.10 bits per heavy atom. The van der Waals surface area contributed by atoms with E-state index in [4.69, 9.17) is 23.2 Å². The van der Waals surface area contributed by atoms with E-state index in [-0.39, 0.29) is 6.03 Å². The standard InChI is InChI=1S/C23H23Cl2N3O/c1-3-13-28(23(29)26-22-20(24)11-6-12-21(22)25)16-19-10-7-14-27(19)15-18-9-5-4-8-17(18)2/h3-12,14H,1,13,15-16H2,2H3,(H,26,29). The number of hydrogen-bond acceptors (Lipinski definition) is 1. The molecule has 4 nitrogen and oxygen atoms in total. The number of carbonyl (C=O) groups is 1. The van der Waals surface area contributed by atoms with Gasteiger partial charge in [-0.1, -0.05) is 59.6 Å². The first-order valence-corrected chi connectivity index (χ1v) is 10.0. The molecule has 0 bridgehead atoms. The molecule has 0 saturated heterocycles. The molecule has 0 aliphatic carbocycles. The number of carbonyl (C=O) groups excluding carboxylic acids is 1. The predicted octanol–water partition coefficient (Wildman–Crippen LogP) is 6.37. The van der Waals surface area contributed by atoms with E-state index in [1.54, 1.807) is 29.2 Å². The molecule has 0 aliphatic rings. The Labute approximate surface area is 181 Å². The maximum absolute atomic E-state index is 12.9. The topological polar surface area (TPSA) is 37.3 Å². The molecule has 2 aromatic carbocycles. The molecule has 1 N–H and O–H groups in total. The van der Waals surface area contributed by atoms with Crippen molar-refractivity contribution in [2.75, 3.05) is 11.9 Å². The van der Waals surface area contributed by atoms with Crippen molar-refractivity contribution in [1.82, 2.24) is 9.47 Å². The van der Waals surface area contributed by atoms with Crippen LogP contribution in [0.5, 0.6) is 0 Å². The predicted molar refractivity (Wildman–Crippen MR) is 121 cm³/mol. The van der Waals surface area contributed by atoms with Gasteiger partial charge in [-0.15, -0.1) is 6.58 Å². The van der Waals surface area contributed by atoms with E-state index in [1.165, 1.54) is 11.1 Å². The summed E-state index contributed by atoms with van der Waals surface area (Å²) in [6.07, 6.45) is 3.72. The number of benzene rings is 2. The van der Waals surface area contributed by atoms with Crippen LogP contribution in [0, 0.1) is 6.92 Å². The van der Waals surface area contributed by atoms with Gasteiger partial charge >= 0.3 is 6.03 Å². The average molecular weight is 428 g/mol. The molecule has 1 aromatic heterocycles. The molecule has 150 valence electrons. The Kier molecular flexibility index (Phi) is 7.02. The lowest BCUT2D eigenvalue weighted by atomic mass is 10.1. The molecule has 0 fully saturated rings. The Hall–Kier alpha value is -2.69. The summed E-state index contributed by atoms with van der Waals surface area (Å²) in [5.74, 6) is 0. The van der Waals surface area contributed by atoms with Crippen LogP contribution in [-0.4, -0.2) is 22.0 Å². The van der Waals surface area contributed by atoms with E-state index in [2.05, 4.69) is 35.5 Å². The van der Waals surface area contributed by atoms with E-state index in [9.17, 15) is 4.79 Å². The number of amides is 2. The van der Waals surface area contributed by atoms with Crippen LogP contribution in [0.4, 0.5) is 10.5 Å². The van der Waals surface area contributed by atoms with Crippen LogP contribution in [0.3, 0.4) is 0 Å². The highest BCUT2D eigenvalue weighted by Crippen LogP contribution is 2.30. The first-order chi connectivity index (χ1) is 14.0. The fourth-order valence-corrected chi connectivity index (χ4v) is 3.58. The summed E-state index contributed by atoms with van der Waals surface area (Å²) in [4.78, 5) is 14.6. The molecule has 0 radical (unpaired) electrons.